The molecular weight excluding hydrogens is 384 g/mol. The molecule has 7 nitrogen and oxygen atoms in total. The molecule has 5 rings (SSSR count). The predicted octanol–water partition coefficient (Wildman–Crippen LogP) is 2.58. The van der Waals surface area contributed by atoms with Crippen molar-refractivity contribution in [3.8, 4) is 0 Å². The summed E-state index contributed by atoms with van der Waals surface area (Å²) in [4.78, 5) is 41.5. The minimum atomic E-state index is -0.502. The summed E-state index contributed by atoms with van der Waals surface area (Å²) in [6.07, 6.45) is 2.12. The molecule has 0 radical (unpaired) electrons. The van der Waals surface area contributed by atoms with Crippen molar-refractivity contribution in [2.24, 2.45) is 0 Å². The zero-order chi connectivity index (χ0) is 20.7. The fourth-order valence-corrected chi connectivity index (χ4v) is 4.71. The van der Waals surface area contributed by atoms with Crippen LogP contribution < -0.4 is 0 Å². The van der Waals surface area contributed by atoms with Crippen LogP contribution >= 0.6 is 0 Å². The van der Waals surface area contributed by atoms with Crippen LogP contribution in [0.15, 0.2) is 36.4 Å². The van der Waals surface area contributed by atoms with Gasteiger partial charge in [-0.05, 0) is 23.9 Å². The van der Waals surface area contributed by atoms with Crippen LogP contribution in [0.5, 0.6) is 0 Å². The maximum absolute atomic E-state index is 12.9. The Bertz CT molecular complexity index is 967. The van der Waals surface area contributed by atoms with Gasteiger partial charge in [0.25, 0.3) is 11.8 Å². The SMILES string of the molecule is O=C(CCCN1C(=O)c2cccc3cccc(c23)C1=O)N1CCC2(CC1)OCCO2. The summed E-state index contributed by atoms with van der Waals surface area (Å²) >= 11 is 0. The number of likely N-dealkylation sites (tertiary alicyclic amines) is 1. The van der Waals surface area contributed by atoms with Crippen molar-refractivity contribution in [1.29, 1.82) is 0 Å². The monoisotopic (exact) mass is 408 g/mol. The summed E-state index contributed by atoms with van der Waals surface area (Å²) in [5.41, 5.74) is 1.10. The molecule has 0 aliphatic carbocycles. The molecule has 2 aromatic rings. The second-order valence-electron chi connectivity index (χ2n) is 8.06. The molecule has 0 N–H and O–H groups in total. The van der Waals surface area contributed by atoms with Gasteiger partial charge in [-0.25, -0.2) is 0 Å². The normalized spacial score (nSPS) is 20.4. The number of piperidine rings is 1. The number of hydrogen-bond acceptors (Lipinski definition) is 5. The Hall–Kier alpha value is -2.77. The van der Waals surface area contributed by atoms with Crippen LogP contribution in [-0.4, -0.2) is 66.2 Å². The molecule has 3 heterocycles. The van der Waals surface area contributed by atoms with Crippen molar-refractivity contribution in [3.63, 3.8) is 0 Å². The Morgan fingerprint density at radius 1 is 0.933 bits per heavy atom. The van der Waals surface area contributed by atoms with Crippen molar-refractivity contribution < 1.29 is 23.9 Å². The number of nitrogens with zero attached hydrogens (tertiary/aromatic N) is 2. The predicted molar refractivity (Wildman–Crippen MR) is 109 cm³/mol. The molecule has 3 aliphatic rings. The maximum Gasteiger partial charge on any atom is 0.261 e. The van der Waals surface area contributed by atoms with E-state index in [1.165, 1.54) is 4.90 Å². The Morgan fingerprint density at radius 3 is 2.13 bits per heavy atom. The summed E-state index contributed by atoms with van der Waals surface area (Å²) in [6.45, 7) is 2.68. The lowest BCUT2D eigenvalue weighted by molar-refractivity contribution is -0.187. The van der Waals surface area contributed by atoms with Crippen molar-refractivity contribution in [2.75, 3.05) is 32.8 Å². The van der Waals surface area contributed by atoms with Crippen LogP contribution in [0.3, 0.4) is 0 Å². The fourth-order valence-electron chi connectivity index (χ4n) is 4.71. The van der Waals surface area contributed by atoms with E-state index in [-0.39, 0.29) is 24.3 Å². The molecule has 2 aromatic carbocycles. The van der Waals surface area contributed by atoms with E-state index in [2.05, 4.69) is 0 Å². The van der Waals surface area contributed by atoms with Gasteiger partial charge in [-0.15, -0.1) is 0 Å². The molecule has 0 saturated carbocycles. The molecular formula is C23H24N2O5. The van der Waals surface area contributed by atoms with Crippen molar-refractivity contribution in [3.05, 3.63) is 47.5 Å². The molecule has 2 saturated heterocycles. The van der Waals surface area contributed by atoms with Gasteiger partial charge in [0.1, 0.15) is 0 Å². The maximum atomic E-state index is 12.9. The van der Waals surface area contributed by atoms with Crippen molar-refractivity contribution in [2.45, 2.75) is 31.5 Å². The highest BCUT2D eigenvalue weighted by Gasteiger charge is 2.40. The molecule has 0 aromatic heterocycles. The number of ether oxygens (including phenoxy) is 2. The molecule has 1 spiro atoms. The second-order valence-corrected chi connectivity index (χ2v) is 8.06. The lowest BCUT2D eigenvalue weighted by atomic mass is 9.94. The van der Waals surface area contributed by atoms with Gasteiger partial charge in [-0.1, -0.05) is 24.3 Å². The van der Waals surface area contributed by atoms with Crippen molar-refractivity contribution >= 4 is 28.5 Å². The number of rotatable bonds is 4. The largest absolute Gasteiger partial charge is 0.347 e. The third kappa shape index (κ3) is 3.18. The Balaban J connectivity index is 1.20. The Morgan fingerprint density at radius 2 is 1.53 bits per heavy atom. The molecule has 3 aliphatic heterocycles. The zero-order valence-corrected chi connectivity index (χ0v) is 16.8. The molecule has 0 atom stereocenters. The first-order chi connectivity index (χ1) is 14.6. The highest BCUT2D eigenvalue weighted by atomic mass is 16.7. The van der Waals surface area contributed by atoms with E-state index in [1.807, 2.05) is 29.2 Å². The van der Waals surface area contributed by atoms with E-state index < -0.39 is 5.79 Å². The van der Waals surface area contributed by atoms with Gasteiger partial charge in [0, 0.05) is 55.4 Å². The van der Waals surface area contributed by atoms with Gasteiger partial charge in [0.05, 0.1) is 13.2 Å². The highest BCUT2D eigenvalue weighted by molar-refractivity contribution is 6.25. The molecule has 2 fully saturated rings. The third-order valence-electron chi connectivity index (χ3n) is 6.32. The average molecular weight is 408 g/mol. The molecule has 3 amide bonds. The lowest BCUT2D eigenvalue weighted by Gasteiger charge is -2.37. The third-order valence-corrected chi connectivity index (χ3v) is 6.32. The van der Waals surface area contributed by atoms with Gasteiger partial charge in [0.15, 0.2) is 5.79 Å². The highest BCUT2D eigenvalue weighted by Crippen LogP contribution is 2.32. The van der Waals surface area contributed by atoms with Crippen LogP contribution in [0.2, 0.25) is 0 Å². The van der Waals surface area contributed by atoms with E-state index in [0.29, 0.717) is 63.1 Å². The van der Waals surface area contributed by atoms with Gasteiger partial charge in [-0.2, -0.15) is 0 Å². The smallest absolute Gasteiger partial charge is 0.261 e. The molecule has 0 bridgehead atoms. The standard InChI is InChI=1S/C23H24N2O5/c26-19(24-12-9-23(10-13-24)29-14-15-30-23)8-3-11-25-21(27)17-6-1-4-16-5-2-7-18(20(16)17)22(25)28/h1-2,4-7H,3,8-15H2. The van der Waals surface area contributed by atoms with Crippen LogP contribution in [0.25, 0.3) is 10.8 Å². The van der Waals surface area contributed by atoms with Crippen LogP contribution in [-0.2, 0) is 14.3 Å². The Labute approximate surface area is 174 Å². The summed E-state index contributed by atoms with van der Waals surface area (Å²) in [5, 5.41) is 1.61. The summed E-state index contributed by atoms with van der Waals surface area (Å²) in [7, 11) is 0. The summed E-state index contributed by atoms with van der Waals surface area (Å²) < 4.78 is 11.4. The van der Waals surface area contributed by atoms with Gasteiger partial charge < -0.3 is 14.4 Å². The van der Waals surface area contributed by atoms with Crippen LogP contribution in [0.4, 0.5) is 0 Å². The number of imide groups is 1. The fraction of sp³-hybridized carbons (Fsp3) is 0.435. The van der Waals surface area contributed by atoms with E-state index in [9.17, 15) is 14.4 Å². The number of benzene rings is 2. The van der Waals surface area contributed by atoms with E-state index >= 15 is 0 Å². The van der Waals surface area contributed by atoms with Gasteiger partial charge in [-0.3, -0.25) is 19.3 Å². The van der Waals surface area contributed by atoms with E-state index in [0.717, 1.165) is 10.8 Å². The Kier molecular flexibility index (Phi) is 4.79. The summed E-state index contributed by atoms with van der Waals surface area (Å²) in [6, 6.07) is 11.0. The van der Waals surface area contributed by atoms with E-state index in [4.69, 9.17) is 9.47 Å². The number of carbonyl (C=O) groups is 3. The molecule has 156 valence electrons. The number of carbonyl (C=O) groups excluding carboxylic acids is 3. The molecule has 30 heavy (non-hydrogen) atoms. The first kappa shape index (κ1) is 19.2. The zero-order valence-electron chi connectivity index (χ0n) is 16.8. The van der Waals surface area contributed by atoms with Crippen LogP contribution in [0.1, 0.15) is 46.4 Å². The minimum absolute atomic E-state index is 0.0438. The van der Waals surface area contributed by atoms with Gasteiger partial charge >= 0.3 is 0 Å². The minimum Gasteiger partial charge on any atom is -0.347 e. The first-order valence-electron chi connectivity index (χ1n) is 10.5. The first-order valence-corrected chi connectivity index (χ1v) is 10.5. The lowest BCUT2D eigenvalue weighted by Crippen LogP contribution is -2.47. The number of hydrogen-bond donors (Lipinski definition) is 0. The molecule has 7 heteroatoms. The second kappa shape index (κ2) is 7.49. The quantitative estimate of drug-likeness (QED) is 0.727. The van der Waals surface area contributed by atoms with E-state index in [1.54, 1.807) is 12.1 Å². The van der Waals surface area contributed by atoms with Gasteiger partial charge in [0.2, 0.25) is 5.91 Å². The summed E-state index contributed by atoms with van der Waals surface area (Å²) in [5.74, 6) is -1.03. The topological polar surface area (TPSA) is 76.2 Å². The number of amides is 3. The average Bonchev–Trinajstić information content (AvgIpc) is 3.22. The van der Waals surface area contributed by atoms with Crippen LogP contribution in [0, 0.1) is 0 Å². The molecule has 0 unspecified atom stereocenters. The van der Waals surface area contributed by atoms with Crippen molar-refractivity contribution in [1.82, 2.24) is 9.80 Å².